The molecule has 4 nitrogen and oxygen atoms in total. The second-order valence-electron chi connectivity index (χ2n) is 4.18. The molecule has 1 unspecified atom stereocenters. The highest BCUT2D eigenvalue weighted by atomic mass is 16.5. The maximum atomic E-state index is 9.90. The predicted octanol–water partition coefficient (Wildman–Crippen LogP) is 3.01. The molecule has 0 fully saturated rings. The van der Waals surface area contributed by atoms with Crippen LogP contribution in [0.25, 0.3) is 0 Å². The van der Waals surface area contributed by atoms with Crippen molar-refractivity contribution in [2.45, 2.75) is 33.0 Å². The lowest BCUT2D eigenvalue weighted by molar-refractivity contribution is 0.166. The van der Waals surface area contributed by atoms with Crippen LogP contribution in [0.1, 0.15) is 36.5 Å². The molecule has 1 aromatic carbocycles. The van der Waals surface area contributed by atoms with Crippen molar-refractivity contribution < 1.29 is 14.4 Å². The lowest BCUT2D eigenvalue weighted by Crippen LogP contribution is -2.02. The number of nitrogens with zero attached hydrogens (tertiary/aromatic N) is 1. The van der Waals surface area contributed by atoms with E-state index in [2.05, 4.69) is 5.16 Å². The van der Waals surface area contributed by atoms with Gasteiger partial charge >= 0.3 is 0 Å². The van der Waals surface area contributed by atoms with Gasteiger partial charge in [0.25, 0.3) is 0 Å². The number of hydrogen-bond acceptors (Lipinski definition) is 4. The number of aliphatic hydroxyl groups excluding tert-OH is 1. The minimum Gasteiger partial charge on any atom is -0.487 e. The molecule has 2 rings (SSSR count). The highest BCUT2D eigenvalue weighted by Gasteiger charge is 2.11. The largest absolute Gasteiger partial charge is 0.487 e. The monoisotopic (exact) mass is 247 g/mol. The molecular formula is C14H17NO3. The summed E-state index contributed by atoms with van der Waals surface area (Å²) in [5.41, 5.74) is 1.55. The Morgan fingerprint density at radius 2 is 2.17 bits per heavy atom. The van der Waals surface area contributed by atoms with Gasteiger partial charge < -0.3 is 14.4 Å². The first-order chi connectivity index (χ1) is 8.70. The number of aryl methyl sites for hydroxylation is 1. The van der Waals surface area contributed by atoms with E-state index < -0.39 is 6.10 Å². The second-order valence-corrected chi connectivity index (χ2v) is 4.18. The first-order valence-electron chi connectivity index (χ1n) is 6.02. The van der Waals surface area contributed by atoms with E-state index in [1.54, 1.807) is 0 Å². The van der Waals surface area contributed by atoms with Crippen LogP contribution in [0.5, 0.6) is 5.75 Å². The smallest absolute Gasteiger partial charge is 0.134 e. The Morgan fingerprint density at radius 3 is 2.83 bits per heavy atom. The zero-order chi connectivity index (χ0) is 13.0. The maximum absolute atomic E-state index is 9.90. The third-order valence-corrected chi connectivity index (χ3v) is 2.72. The Balaban J connectivity index is 2.09. The first-order valence-corrected chi connectivity index (χ1v) is 6.02. The fourth-order valence-electron chi connectivity index (χ4n) is 1.74. The van der Waals surface area contributed by atoms with Crippen LogP contribution in [0.4, 0.5) is 0 Å². The zero-order valence-corrected chi connectivity index (χ0v) is 10.6. The van der Waals surface area contributed by atoms with Crippen LogP contribution in [0.3, 0.4) is 0 Å². The Hall–Kier alpha value is -1.81. The molecular weight excluding hydrogens is 230 g/mol. The zero-order valence-electron chi connectivity index (χ0n) is 10.6. The third kappa shape index (κ3) is 2.90. The van der Waals surface area contributed by atoms with Gasteiger partial charge in [-0.1, -0.05) is 30.3 Å². The van der Waals surface area contributed by atoms with Gasteiger partial charge in [0.1, 0.15) is 23.8 Å². The average molecular weight is 247 g/mol. The molecule has 0 aliphatic carbocycles. The van der Waals surface area contributed by atoms with E-state index in [9.17, 15) is 5.11 Å². The van der Waals surface area contributed by atoms with Crippen LogP contribution in [0, 0.1) is 6.92 Å². The Kier molecular flexibility index (Phi) is 3.99. The SMILES string of the molecule is CCC(O)c1ccccc1OCc1cc(C)on1. The van der Waals surface area contributed by atoms with E-state index in [1.807, 2.05) is 44.2 Å². The summed E-state index contributed by atoms with van der Waals surface area (Å²) in [6, 6.07) is 9.33. The molecule has 18 heavy (non-hydrogen) atoms. The van der Waals surface area contributed by atoms with Crippen molar-refractivity contribution in [3.63, 3.8) is 0 Å². The van der Waals surface area contributed by atoms with Crippen molar-refractivity contribution >= 4 is 0 Å². The van der Waals surface area contributed by atoms with Crippen LogP contribution in [0.15, 0.2) is 34.9 Å². The van der Waals surface area contributed by atoms with Crippen LogP contribution in [-0.2, 0) is 6.61 Å². The van der Waals surface area contributed by atoms with Gasteiger partial charge in [-0.3, -0.25) is 0 Å². The van der Waals surface area contributed by atoms with E-state index in [1.165, 1.54) is 0 Å². The van der Waals surface area contributed by atoms with Crippen molar-refractivity contribution in [1.82, 2.24) is 5.16 Å². The number of rotatable bonds is 5. The number of aliphatic hydroxyl groups is 1. The Bertz CT molecular complexity index is 507. The normalized spacial score (nSPS) is 12.4. The lowest BCUT2D eigenvalue weighted by atomic mass is 10.1. The fraction of sp³-hybridized carbons (Fsp3) is 0.357. The van der Waals surface area contributed by atoms with Gasteiger partial charge in [0.05, 0.1) is 6.10 Å². The van der Waals surface area contributed by atoms with E-state index >= 15 is 0 Å². The summed E-state index contributed by atoms with van der Waals surface area (Å²) in [5, 5.41) is 13.8. The summed E-state index contributed by atoms with van der Waals surface area (Å²) in [6.07, 6.45) is 0.156. The minimum atomic E-state index is -0.500. The Morgan fingerprint density at radius 1 is 1.39 bits per heavy atom. The van der Waals surface area contributed by atoms with Gasteiger partial charge in [-0.25, -0.2) is 0 Å². The summed E-state index contributed by atoms with van der Waals surface area (Å²) < 4.78 is 10.6. The summed E-state index contributed by atoms with van der Waals surface area (Å²) in [4.78, 5) is 0. The van der Waals surface area contributed by atoms with Crippen molar-refractivity contribution in [2.24, 2.45) is 0 Å². The molecule has 0 aliphatic heterocycles. The molecule has 4 heteroatoms. The van der Waals surface area contributed by atoms with Crippen LogP contribution >= 0.6 is 0 Å². The summed E-state index contributed by atoms with van der Waals surface area (Å²) in [6.45, 7) is 4.11. The highest BCUT2D eigenvalue weighted by Crippen LogP contribution is 2.27. The van der Waals surface area contributed by atoms with E-state index in [0.717, 1.165) is 17.0 Å². The first kappa shape index (κ1) is 12.6. The van der Waals surface area contributed by atoms with Crippen molar-refractivity contribution in [3.8, 4) is 5.75 Å². The predicted molar refractivity (Wildman–Crippen MR) is 67.3 cm³/mol. The summed E-state index contributed by atoms with van der Waals surface area (Å²) in [5.74, 6) is 1.45. The quantitative estimate of drug-likeness (QED) is 0.882. The van der Waals surface area contributed by atoms with Gasteiger partial charge in [0.2, 0.25) is 0 Å². The second kappa shape index (κ2) is 5.69. The molecule has 0 radical (unpaired) electrons. The third-order valence-electron chi connectivity index (χ3n) is 2.72. The van der Waals surface area contributed by atoms with Gasteiger partial charge in [-0.15, -0.1) is 0 Å². The Labute approximate surface area is 106 Å². The molecule has 1 heterocycles. The number of aromatic nitrogens is 1. The molecule has 2 aromatic rings. The van der Waals surface area contributed by atoms with Gasteiger partial charge in [0.15, 0.2) is 0 Å². The summed E-state index contributed by atoms with van der Waals surface area (Å²) in [7, 11) is 0. The molecule has 96 valence electrons. The van der Waals surface area contributed by atoms with Gasteiger partial charge in [-0.2, -0.15) is 0 Å². The standard InChI is InChI=1S/C14H17NO3/c1-3-13(16)12-6-4-5-7-14(12)17-9-11-8-10(2)18-15-11/h4-8,13,16H,3,9H2,1-2H3. The van der Waals surface area contributed by atoms with Crippen LogP contribution < -0.4 is 4.74 Å². The summed E-state index contributed by atoms with van der Waals surface area (Å²) >= 11 is 0. The van der Waals surface area contributed by atoms with Crippen molar-refractivity contribution in [2.75, 3.05) is 0 Å². The molecule has 0 spiro atoms. The van der Waals surface area contributed by atoms with E-state index in [-0.39, 0.29) is 0 Å². The van der Waals surface area contributed by atoms with Gasteiger partial charge in [-0.05, 0) is 19.4 Å². The van der Waals surface area contributed by atoms with Crippen molar-refractivity contribution in [3.05, 3.63) is 47.3 Å². The molecule has 1 atom stereocenters. The van der Waals surface area contributed by atoms with Crippen LogP contribution in [-0.4, -0.2) is 10.3 Å². The average Bonchev–Trinajstić information content (AvgIpc) is 2.81. The highest BCUT2D eigenvalue weighted by molar-refractivity contribution is 5.35. The lowest BCUT2D eigenvalue weighted by Gasteiger charge is -2.14. The minimum absolute atomic E-state index is 0.338. The fourth-order valence-corrected chi connectivity index (χ4v) is 1.74. The van der Waals surface area contributed by atoms with Crippen molar-refractivity contribution in [1.29, 1.82) is 0 Å². The molecule has 0 saturated heterocycles. The molecule has 0 saturated carbocycles. The number of para-hydroxylation sites is 1. The molecule has 1 N–H and O–H groups in total. The molecule has 1 aromatic heterocycles. The molecule has 0 aliphatic rings. The number of ether oxygens (including phenoxy) is 1. The maximum Gasteiger partial charge on any atom is 0.134 e. The molecule has 0 amide bonds. The van der Waals surface area contributed by atoms with Gasteiger partial charge in [0, 0.05) is 11.6 Å². The topological polar surface area (TPSA) is 55.5 Å². The number of benzene rings is 1. The van der Waals surface area contributed by atoms with E-state index in [0.29, 0.717) is 18.8 Å². The number of hydrogen-bond donors (Lipinski definition) is 1. The van der Waals surface area contributed by atoms with E-state index in [4.69, 9.17) is 9.26 Å². The molecule has 0 bridgehead atoms. The van der Waals surface area contributed by atoms with Crippen LogP contribution in [0.2, 0.25) is 0 Å².